The fourth-order valence-electron chi connectivity index (χ4n) is 2.66. The Balaban J connectivity index is 1.43. The fraction of sp³-hybridized carbons (Fsp3) is 0.438. The summed E-state index contributed by atoms with van der Waals surface area (Å²) in [6.45, 7) is -0.432. The Bertz CT molecular complexity index is 641. The van der Waals surface area contributed by atoms with Crippen LogP contribution in [0.4, 0.5) is 4.79 Å². The van der Waals surface area contributed by atoms with Crippen molar-refractivity contribution in [2.45, 2.75) is 19.3 Å². The molecule has 1 aliphatic heterocycles. The average Bonchev–Trinajstić information content (AvgIpc) is 3.18. The van der Waals surface area contributed by atoms with Crippen LogP contribution in [0.1, 0.15) is 17.5 Å². The molecule has 0 N–H and O–H groups in total. The van der Waals surface area contributed by atoms with Gasteiger partial charge in [0.15, 0.2) is 13.2 Å². The monoisotopic (exact) mass is 319 g/mol. The quantitative estimate of drug-likeness (QED) is 0.755. The number of benzene rings is 1. The van der Waals surface area contributed by atoms with Gasteiger partial charge in [0.25, 0.3) is 5.91 Å². The topological polar surface area (TPSA) is 82.1 Å². The Morgan fingerprint density at radius 3 is 2.78 bits per heavy atom. The SMILES string of the molecule is O=C(COc1ccc2c(c1)CCC2)OCC(=O)N1CCOC1=O. The molecule has 0 bridgehead atoms. The van der Waals surface area contributed by atoms with Crippen LogP contribution in [0.3, 0.4) is 0 Å². The van der Waals surface area contributed by atoms with Gasteiger partial charge in [-0.05, 0) is 42.5 Å². The molecule has 0 saturated carbocycles. The number of nitrogens with zero attached hydrogens (tertiary/aromatic N) is 1. The maximum absolute atomic E-state index is 11.7. The second-order valence-electron chi connectivity index (χ2n) is 5.39. The number of fused-ring (bicyclic) bond motifs is 1. The van der Waals surface area contributed by atoms with Gasteiger partial charge in [0, 0.05) is 0 Å². The number of carbonyl (C=O) groups is 3. The number of hydrogen-bond donors (Lipinski definition) is 0. The lowest BCUT2D eigenvalue weighted by Gasteiger charge is -2.11. The van der Waals surface area contributed by atoms with Gasteiger partial charge in [-0.3, -0.25) is 4.79 Å². The second-order valence-corrected chi connectivity index (χ2v) is 5.39. The van der Waals surface area contributed by atoms with E-state index in [9.17, 15) is 14.4 Å². The predicted molar refractivity (Wildman–Crippen MR) is 78.0 cm³/mol. The highest BCUT2D eigenvalue weighted by molar-refractivity contribution is 5.94. The number of amides is 2. The molecule has 7 nitrogen and oxygen atoms in total. The Hall–Kier alpha value is -2.57. The highest BCUT2D eigenvalue weighted by atomic mass is 16.6. The van der Waals surface area contributed by atoms with Crippen molar-refractivity contribution in [3.05, 3.63) is 29.3 Å². The number of esters is 1. The Kier molecular flexibility index (Phi) is 4.45. The molecule has 1 fully saturated rings. The summed E-state index contributed by atoms with van der Waals surface area (Å²) in [4.78, 5) is 35.4. The molecule has 0 aromatic heterocycles. The van der Waals surface area contributed by atoms with Gasteiger partial charge in [0.05, 0.1) is 6.54 Å². The first-order chi connectivity index (χ1) is 11.1. The molecular formula is C16H17NO6. The normalized spacial score (nSPS) is 16.0. The average molecular weight is 319 g/mol. The number of ether oxygens (including phenoxy) is 3. The molecule has 23 heavy (non-hydrogen) atoms. The number of hydrogen-bond acceptors (Lipinski definition) is 6. The van der Waals surface area contributed by atoms with Gasteiger partial charge in [0.1, 0.15) is 12.4 Å². The van der Waals surface area contributed by atoms with Crippen LogP contribution in [0.15, 0.2) is 18.2 Å². The fourth-order valence-corrected chi connectivity index (χ4v) is 2.66. The number of rotatable bonds is 5. The third-order valence-electron chi connectivity index (χ3n) is 3.85. The summed E-state index contributed by atoms with van der Waals surface area (Å²) >= 11 is 0. The van der Waals surface area contributed by atoms with E-state index >= 15 is 0 Å². The smallest absolute Gasteiger partial charge is 0.416 e. The van der Waals surface area contributed by atoms with Crippen molar-refractivity contribution in [3.8, 4) is 5.75 Å². The van der Waals surface area contributed by atoms with E-state index in [0.717, 1.165) is 24.2 Å². The van der Waals surface area contributed by atoms with Gasteiger partial charge in [-0.15, -0.1) is 0 Å². The van der Waals surface area contributed by atoms with Crippen LogP contribution in [0.25, 0.3) is 0 Å². The van der Waals surface area contributed by atoms with Crippen molar-refractivity contribution in [2.24, 2.45) is 0 Å². The minimum absolute atomic E-state index is 0.167. The molecule has 122 valence electrons. The van der Waals surface area contributed by atoms with E-state index in [1.807, 2.05) is 18.2 Å². The maximum Gasteiger partial charge on any atom is 0.416 e. The maximum atomic E-state index is 11.7. The summed E-state index contributed by atoms with van der Waals surface area (Å²) in [6, 6.07) is 5.76. The summed E-state index contributed by atoms with van der Waals surface area (Å²) in [5.74, 6) is -0.651. The molecule has 1 saturated heterocycles. The first-order valence-corrected chi connectivity index (χ1v) is 7.51. The van der Waals surface area contributed by atoms with Gasteiger partial charge in [-0.2, -0.15) is 0 Å². The highest BCUT2D eigenvalue weighted by Gasteiger charge is 2.28. The van der Waals surface area contributed by atoms with Crippen molar-refractivity contribution in [2.75, 3.05) is 26.4 Å². The zero-order valence-electron chi connectivity index (χ0n) is 12.6. The van der Waals surface area contributed by atoms with E-state index < -0.39 is 24.6 Å². The van der Waals surface area contributed by atoms with Crippen LogP contribution in [0, 0.1) is 0 Å². The first-order valence-electron chi connectivity index (χ1n) is 7.51. The molecule has 2 amide bonds. The zero-order chi connectivity index (χ0) is 16.2. The third kappa shape index (κ3) is 3.61. The summed E-state index contributed by atoms with van der Waals surface area (Å²) in [5, 5.41) is 0. The molecule has 7 heteroatoms. The Morgan fingerprint density at radius 1 is 1.17 bits per heavy atom. The number of carbonyl (C=O) groups excluding carboxylic acids is 3. The summed E-state index contributed by atoms with van der Waals surface area (Å²) in [7, 11) is 0. The molecule has 0 unspecified atom stereocenters. The van der Waals surface area contributed by atoms with Gasteiger partial charge >= 0.3 is 12.1 Å². The lowest BCUT2D eigenvalue weighted by Crippen LogP contribution is -2.35. The Labute approximate surface area is 133 Å². The molecule has 0 radical (unpaired) electrons. The van der Waals surface area contributed by atoms with E-state index in [1.54, 1.807) is 0 Å². The molecule has 2 aliphatic rings. The predicted octanol–water partition coefficient (Wildman–Crippen LogP) is 1.08. The van der Waals surface area contributed by atoms with Crippen LogP contribution in [0.5, 0.6) is 5.75 Å². The van der Waals surface area contributed by atoms with Gasteiger partial charge in [-0.1, -0.05) is 6.07 Å². The van der Waals surface area contributed by atoms with E-state index in [-0.39, 0.29) is 19.8 Å². The van der Waals surface area contributed by atoms with Gasteiger partial charge in [0.2, 0.25) is 0 Å². The third-order valence-corrected chi connectivity index (χ3v) is 3.85. The molecule has 0 atom stereocenters. The van der Waals surface area contributed by atoms with Crippen LogP contribution in [-0.4, -0.2) is 49.2 Å². The lowest BCUT2D eigenvalue weighted by molar-refractivity contribution is -0.152. The van der Waals surface area contributed by atoms with Crippen LogP contribution in [0.2, 0.25) is 0 Å². The lowest BCUT2D eigenvalue weighted by atomic mass is 10.1. The van der Waals surface area contributed by atoms with Gasteiger partial charge in [-0.25, -0.2) is 14.5 Å². The van der Waals surface area contributed by atoms with Crippen LogP contribution in [-0.2, 0) is 31.9 Å². The largest absolute Gasteiger partial charge is 0.482 e. The standard InChI is InChI=1S/C16H17NO6/c18-14(17-6-7-21-16(17)20)9-23-15(19)10-22-13-5-4-11-2-1-3-12(11)8-13/h4-5,8H,1-3,6-7,9-10H2. The van der Waals surface area contributed by atoms with Crippen LogP contribution < -0.4 is 4.74 Å². The highest BCUT2D eigenvalue weighted by Crippen LogP contribution is 2.25. The van der Waals surface area contributed by atoms with E-state index in [4.69, 9.17) is 9.47 Å². The van der Waals surface area contributed by atoms with Crippen molar-refractivity contribution >= 4 is 18.0 Å². The van der Waals surface area contributed by atoms with Crippen LogP contribution >= 0.6 is 0 Å². The molecule has 1 aromatic carbocycles. The number of imide groups is 1. The van der Waals surface area contributed by atoms with Crippen molar-refractivity contribution in [1.82, 2.24) is 4.90 Å². The summed E-state index contributed by atoms with van der Waals surface area (Å²) < 4.78 is 14.8. The van der Waals surface area contributed by atoms with E-state index in [0.29, 0.717) is 5.75 Å². The van der Waals surface area contributed by atoms with E-state index in [1.165, 1.54) is 11.1 Å². The molecule has 1 aliphatic carbocycles. The Morgan fingerprint density at radius 2 is 2.00 bits per heavy atom. The second kappa shape index (κ2) is 6.68. The van der Waals surface area contributed by atoms with Crippen molar-refractivity contribution in [3.63, 3.8) is 0 Å². The molecule has 1 aromatic rings. The van der Waals surface area contributed by atoms with Crippen molar-refractivity contribution < 1.29 is 28.6 Å². The van der Waals surface area contributed by atoms with Crippen molar-refractivity contribution in [1.29, 1.82) is 0 Å². The van der Waals surface area contributed by atoms with E-state index in [2.05, 4.69) is 4.74 Å². The number of aryl methyl sites for hydroxylation is 2. The molecule has 0 spiro atoms. The summed E-state index contributed by atoms with van der Waals surface area (Å²) in [5.41, 5.74) is 2.57. The molecule has 3 rings (SSSR count). The number of cyclic esters (lactones) is 1. The summed E-state index contributed by atoms with van der Waals surface area (Å²) in [6.07, 6.45) is 2.54. The molecular weight excluding hydrogens is 302 g/mol. The first kappa shape index (κ1) is 15.3. The zero-order valence-corrected chi connectivity index (χ0v) is 12.6. The molecule has 1 heterocycles. The van der Waals surface area contributed by atoms with Gasteiger partial charge < -0.3 is 14.2 Å². The minimum atomic E-state index is -0.708. The minimum Gasteiger partial charge on any atom is -0.482 e.